The van der Waals surface area contributed by atoms with Crippen LogP contribution < -0.4 is 5.32 Å². The second-order valence-electron chi connectivity index (χ2n) is 13.4. The van der Waals surface area contributed by atoms with Crippen LogP contribution in [0.3, 0.4) is 0 Å². The molecule has 1 N–H and O–H groups in total. The van der Waals surface area contributed by atoms with Crippen molar-refractivity contribution in [2.75, 3.05) is 45.2 Å². The molecule has 2 aliphatic heterocycles. The number of aryl methyl sites for hydroxylation is 1. The molecule has 3 fully saturated rings. The molecule has 0 bridgehead atoms. The summed E-state index contributed by atoms with van der Waals surface area (Å²) in [7, 11) is 3.60. The number of benzene rings is 2. The number of halogens is 2. The second kappa shape index (κ2) is 15.5. The Morgan fingerprint density at radius 3 is 2.37 bits per heavy atom. The molecule has 3 heterocycles. The van der Waals surface area contributed by atoms with E-state index in [1.807, 2.05) is 42.8 Å². The van der Waals surface area contributed by atoms with Crippen molar-refractivity contribution in [3.05, 3.63) is 63.8 Å². The van der Waals surface area contributed by atoms with Gasteiger partial charge in [-0.25, -0.2) is 0 Å². The molecule has 264 valence electrons. The molecule has 0 spiro atoms. The van der Waals surface area contributed by atoms with Crippen molar-refractivity contribution in [2.24, 2.45) is 13.0 Å². The summed E-state index contributed by atoms with van der Waals surface area (Å²) < 4.78 is 20.0. The standard InChI is InChI=1S/C37H46Cl2N4O6/c1-4-48-36(46)24-11-13-26(14-12-24)49-37(42-16-7-8-17-42,43-18-15-27(22-43)47-3)34(44)20-25-19-31(39)32(21-30(25)38)40-35(45)29-23-41(2)33-10-6-5-9-28(29)33/h5-6,9-10,19,21,23-24,26-27H,4,7-8,11-18,20,22H2,1-3H3,(H,40,45)/t24-,26-,27-,37?/m1/s1. The minimum Gasteiger partial charge on any atom is -0.466 e. The number of anilines is 1. The van der Waals surface area contributed by atoms with Crippen LogP contribution in [0.1, 0.15) is 67.8 Å². The molecular formula is C37H46Cl2N4O6. The molecule has 0 radical (unpaired) electrons. The first-order valence-electron chi connectivity index (χ1n) is 17.4. The highest BCUT2D eigenvalue weighted by molar-refractivity contribution is 6.36. The summed E-state index contributed by atoms with van der Waals surface area (Å²) in [5.74, 6) is -2.05. The van der Waals surface area contributed by atoms with Gasteiger partial charge in [-0.1, -0.05) is 41.4 Å². The quantitative estimate of drug-likeness (QED) is 0.214. The van der Waals surface area contributed by atoms with Crippen molar-refractivity contribution in [2.45, 2.75) is 76.3 Å². The zero-order valence-corrected chi connectivity index (χ0v) is 30.0. The van der Waals surface area contributed by atoms with E-state index in [2.05, 4.69) is 15.1 Å². The Morgan fingerprint density at radius 2 is 1.67 bits per heavy atom. The first kappa shape index (κ1) is 35.8. The van der Waals surface area contributed by atoms with Gasteiger partial charge >= 0.3 is 5.97 Å². The number of ketones is 1. The van der Waals surface area contributed by atoms with Gasteiger partial charge in [0.2, 0.25) is 5.85 Å². The van der Waals surface area contributed by atoms with E-state index in [1.165, 1.54) is 0 Å². The highest BCUT2D eigenvalue weighted by Gasteiger charge is 2.54. The molecule has 1 aliphatic carbocycles. The number of Topliss-reactive ketones (excluding diaryl/α,β-unsaturated/α-hetero) is 1. The van der Waals surface area contributed by atoms with Gasteiger partial charge in [-0.05, 0) is 75.6 Å². The van der Waals surface area contributed by atoms with Crippen molar-refractivity contribution in [3.8, 4) is 0 Å². The number of likely N-dealkylation sites (tertiary alicyclic amines) is 2. The number of rotatable bonds is 12. The molecular weight excluding hydrogens is 667 g/mol. The fraction of sp³-hybridized carbons (Fsp3) is 0.541. The number of fused-ring (bicyclic) bond motifs is 1. The summed E-state index contributed by atoms with van der Waals surface area (Å²) in [5, 5.41) is 4.36. The lowest BCUT2D eigenvalue weighted by atomic mass is 9.87. The Balaban J connectivity index is 1.26. The molecule has 3 aliphatic rings. The van der Waals surface area contributed by atoms with Crippen LogP contribution in [0.4, 0.5) is 5.69 Å². The second-order valence-corrected chi connectivity index (χ2v) is 14.2. The van der Waals surface area contributed by atoms with Crippen LogP contribution in [0.25, 0.3) is 10.9 Å². The van der Waals surface area contributed by atoms with Crippen LogP contribution in [0, 0.1) is 5.92 Å². The van der Waals surface area contributed by atoms with Crippen LogP contribution in [0.2, 0.25) is 10.0 Å². The van der Waals surface area contributed by atoms with Crippen LogP contribution in [0.5, 0.6) is 0 Å². The van der Waals surface area contributed by atoms with E-state index in [4.69, 9.17) is 37.4 Å². The molecule has 1 aromatic heterocycles. The summed E-state index contributed by atoms with van der Waals surface area (Å²) in [6.45, 7) is 4.84. The molecule has 10 nitrogen and oxygen atoms in total. The zero-order chi connectivity index (χ0) is 34.7. The van der Waals surface area contributed by atoms with Gasteiger partial charge in [0.25, 0.3) is 5.91 Å². The van der Waals surface area contributed by atoms with Crippen molar-refractivity contribution in [3.63, 3.8) is 0 Å². The highest BCUT2D eigenvalue weighted by atomic mass is 35.5. The van der Waals surface area contributed by atoms with Crippen LogP contribution in [-0.4, -0.2) is 90.0 Å². The van der Waals surface area contributed by atoms with Gasteiger partial charge in [0.1, 0.15) is 0 Å². The predicted molar refractivity (Wildman–Crippen MR) is 190 cm³/mol. The molecule has 2 aromatic carbocycles. The van der Waals surface area contributed by atoms with Gasteiger partial charge in [0, 0.05) is 68.9 Å². The first-order valence-corrected chi connectivity index (χ1v) is 18.1. The average molecular weight is 714 g/mol. The maximum absolute atomic E-state index is 14.9. The third kappa shape index (κ3) is 7.41. The van der Waals surface area contributed by atoms with E-state index >= 15 is 0 Å². The minimum absolute atomic E-state index is 0.0133. The smallest absolute Gasteiger partial charge is 0.308 e. The Morgan fingerprint density at radius 1 is 0.939 bits per heavy atom. The number of carbonyl (C=O) groups excluding carboxylic acids is 3. The molecule has 2 atom stereocenters. The maximum atomic E-state index is 14.9. The summed E-state index contributed by atoms with van der Waals surface area (Å²) in [6.07, 6.45) is 6.90. The zero-order valence-electron chi connectivity index (χ0n) is 28.5. The van der Waals surface area contributed by atoms with Gasteiger partial charge in [0.15, 0.2) is 5.78 Å². The van der Waals surface area contributed by atoms with E-state index in [9.17, 15) is 14.4 Å². The predicted octanol–water partition coefficient (Wildman–Crippen LogP) is 6.46. The van der Waals surface area contributed by atoms with Gasteiger partial charge in [-0.15, -0.1) is 0 Å². The number of nitrogens with one attached hydrogen (secondary N) is 1. The normalized spacial score (nSPS) is 23.1. The average Bonchev–Trinajstić information content (AvgIpc) is 3.88. The molecule has 6 rings (SSSR count). The molecule has 1 unspecified atom stereocenters. The summed E-state index contributed by atoms with van der Waals surface area (Å²) >= 11 is 13.6. The fourth-order valence-electron chi connectivity index (χ4n) is 7.71. The largest absolute Gasteiger partial charge is 0.466 e. The first-order chi connectivity index (χ1) is 23.6. The number of nitrogens with zero attached hydrogens (tertiary/aromatic N) is 3. The van der Waals surface area contributed by atoms with Crippen molar-refractivity contribution in [1.82, 2.24) is 14.4 Å². The summed E-state index contributed by atoms with van der Waals surface area (Å²) in [6, 6.07) is 11.0. The number of carbonyl (C=O) groups is 3. The van der Waals surface area contributed by atoms with Crippen LogP contribution in [0.15, 0.2) is 42.6 Å². The Hall–Kier alpha value is -2.99. The summed E-state index contributed by atoms with van der Waals surface area (Å²) in [4.78, 5) is 45.0. The molecule has 49 heavy (non-hydrogen) atoms. The van der Waals surface area contributed by atoms with Crippen molar-refractivity contribution >= 4 is 57.5 Å². The summed E-state index contributed by atoms with van der Waals surface area (Å²) in [5.41, 5.74) is 2.38. The minimum atomic E-state index is -1.32. The molecule has 12 heteroatoms. The lowest BCUT2D eigenvalue weighted by Gasteiger charge is -2.48. The lowest BCUT2D eigenvalue weighted by Crippen LogP contribution is -2.67. The van der Waals surface area contributed by atoms with E-state index in [0.29, 0.717) is 67.2 Å². The Labute approximate surface area is 297 Å². The Bertz CT molecular complexity index is 1680. The fourth-order valence-corrected chi connectivity index (χ4v) is 8.18. The van der Waals surface area contributed by atoms with Gasteiger partial charge in [-0.3, -0.25) is 24.2 Å². The van der Waals surface area contributed by atoms with Crippen LogP contribution in [-0.2, 0) is 37.3 Å². The van der Waals surface area contributed by atoms with E-state index in [0.717, 1.165) is 43.3 Å². The third-order valence-electron chi connectivity index (χ3n) is 10.3. The van der Waals surface area contributed by atoms with Crippen LogP contribution >= 0.6 is 23.2 Å². The van der Waals surface area contributed by atoms with Gasteiger partial charge in [0.05, 0.1) is 41.0 Å². The SMILES string of the molecule is CCOC(=O)[C@H]1CC[C@H](OC(C(=O)Cc2cc(Cl)c(NC(=O)c3cn(C)c4ccccc34)cc2Cl)(N2CCCC2)N2CC[C@@H](OC)C2)CC1. The molecule has 1 saturated carbocycles. The molecule has 3 aromatic rings. The number of hydrogen-bond donors (Lipinski definition) is 1. The molecule has 1 amide bonds. The topological polar surface area (TPSA) is 102 Å². The van der Waals surface area contributed by atoms with Gasteiger partial charge < -0.3 is 24.1 Å². The van der Waals surface area contributed by atoms with E-state index in [1.54, 1.807) is 25.4 Å². The number of amides is 1. The Kier molecular flexibility index (Phi) is 11.3. The number of para-hydroxylation sites is 1. The lowest BCUT2D eigenvalue weighted by molar-refractivity contribution is -0.253. The maximum Gasteiger partial charge on any atom is 0.308 e. The highest BCUT2D eigenvalue weighted by Crippen LogP contribution is 2.39. The van der Waals surface area contributed by atoms with E-state index in [-0.39, 0.29) is 47.2 Å². The number of methoxy groups -OCH3 is 1. The van der Waals surface area contributed by atoms with Gasteiger partial charge in [-0.2, -0.15) is 0 Å². The number of aromatic nitrogens is 1. The third-order valence-corrected chi connectivity index (χ3v) is 11.0. The van der Waals surface area contributed by atoms with Crippen molar-refractivity contribution < 1.29 is 28.6 Å². The molecule has 2 saturated heterocycles. The number of esters is 1. The van der Waals surface area contributed by atoms with Crippen molar-refractivity contribution in [1.29, 1.82) is 0 Å². The number of ether oxygens (including phenoxy) is 3. The van der Waals surface area contributed by atoms with E-state index < -0.39 is 5.85 Å². The number of hydrogen-bond acceptors (Lipinski definition) is 8. The monoisotopic (exact) mass is 712 g/mol.